The molecule has 1 aliphatic carbocycles. The van der Waals surface area contributed by atoms with Crippen molar-refractivity contribution in [2.24, 2.45) is 0 Å². The van der Waals surface area contributed by atoms with Gasteiger partial charge in [-0.3, -0.25) is 4.90 Å². The number of benzene rings is 1. The molecule has 1 aromatic carbocycles. The lowest BCUT2D eigenvalue weighted by atomic mass is 10.0. The van der Waals surface area contributed by atoms with Gasteiger partial charge in [0.15, 0.2) is 0 Å². The van der Waals surface area contributed by atoms with Crippen LogP contribution in [0.4, 0.5) is 0 Å². The fourth-order valence-electron chi connectivity index (χ4n) is 2.68. The summed E-state index contributed by atoms with van der Waals surface area (Å²) in [6.07, 6.45) is 6.63. The Morgan fingerprint density at radius 3 is 2.25 bits per heavy atom. The molecule has 1 aliphatic rings. The summed E-state index contributed by atoms with van der Waals surface area (Å²) in [5.41, 5.74) is 2.46. The summed E-state index contributed by atoms with van der Waals surface area (Å²) >= 11 is 0. The van der Waals surface area contributed by atoms with Crippen LogP contribution in [0.1, 0.15) is 18.4 Å². The molecule has 0 heterocycles. The highest BCUT2D eigenvalue weighted by molar-refractivity contribution is 5.30. The van der Waals surface area contributed by atoms with Gasteiger partial charge in [-0.25, -0.2) is 0 Å². The van der Waals surface area contributed by atoms with E-state index in [-0.39, 0.29) is 0 Å². The van der Waals surface area contributed by atoms with Crippen molar-refractivity contribution >= 4 is 0 Å². The van der Waals surface area contributed by atoms with Crippen LogP contribution in [0, 0.1) is 0 Å². The molecule has 0 atom stereocenters. The number of hydrogen-bond donors (Lipinski definition) is 0. The van der Waals surface area contributed by atoms with E-state index >= 15 is 0 Å². The van der Waals surface area contributed by atoms with Gasteiger partial charge in [0.2, 0.25) is 0 Å². The molecule has 0 fully saturated rings. The van der Waals surface area contributed by atoms with Gasteiger partial charge < -0.3 is 14.2 Å². The van der Waals surface area contributed by atoms with Crippen LogP contribution in [0.2, 0.25) is 0 Å². The topological polar surface area (TPSA) is 30.9 Å². The normalized spacial score (nSPS) is 14.5. The molecular formula is C20H29NO3. The number of allylic oxidation sites excluding steroid dienone is 2. The average Bonchev–Trinajstić information content (AvgIpc) is 2.64. The van der Waals surface area contributed by atoms with Gasteiger partial charge in [0.1, 0.15) is 12.4 Å². The van der Waals surface area contributed by atoms with Crippen LogP contribution in [-0.4, -0.2) is 52.0 Å². The molecule has 0 saturated heterocycles. The highest BCUT2D eigenvalue weighted by Gasteiger charge is 2.15. The zero-order valence-electron chi connectivity index (χ0n) is 14.9. The molecule has 24 heavy (non-hydrogen) atoms. The second kappa shape index (κ2) is 11.0. The van der Waals surface area contributed by atoms with Crippen LogP contribution >= 0.6 is 0 Å². The molecule has 4 nitrogen and oxygen atoms in total. The minimum atomic E-state index is 0.611. The predicted molar refractivity (Wildman–Crippen MR) is 96.8 cm³/mol. The van der Waals surface area contributed by atoms with Crippen molar-refractivity contribution in [1.82, 2.24) is 4.90 Å². The zero-order chi connectivity index (χ0) is 17.0. The van der Waals surface area contributed by atoms with E-state index in [9.17, 15) is 0 Å². The first-order valence-electron chi connectivity index (χ1n) is 8.60. The van der Waals surface area contributed by atoms with Gasteiger partial charge in [0, 0.05) is 39.4 Å². The first-order valence-corrected chi connectivity index (χ1v) is 8.60. The van der Waals surface area contributed by atoms with E-state index in [1.807, 2.05) is 18.2 Å². The SMILES string of the molecule is COCCN(CCOC)CC1=CCCC=C1OCc1ccccc1. The second-order valence-electron chi connectivity index (χ2n) is 5.91. The van der Waals surface area contributed by atoms with Gasteiger partial charge in [0.05, 0.1) is 13.2 Å². The molecule has 0 aromatic heterocycles. The summed E-state index contributed by atoms with van der Waals surface area (Å²) in [6.45, 7) is 4.71. The summed E-state index contributed by atoms with van der Waals surface area (Å²) in [4.78, 5) is 2.35. The summed E-state index contributed by atoms with van der Waals surface area (Å²) in [7, 11) is 3.48. The third kappa shape index (κ3) is 6.48. The van der Waals surface area contributed by atoms with Gasteiger partial charge in [0.25, 0.3) is 0 Å². The summed E-state index contributed by atoms with van der Waals surface area (Å²) in [6, 6.07) is 10.3. The third-order valence-corrected chi connectivity index (χ3v) is 4.06. The first-order chi connectivity index (χ1) is 11.8. The first kappa shape index (κ1) is 18.7. The zero-order valence-corrected chi connectivity index (χ0v) is 14.9. The van der Waals surface area contributed by atoms with E-state index in [1.54, 1.807) is 14.2 Å². The van der Waals surface area contributed by atoms with Crippen molar-refractivity contribution in [3.05, 3.63) is 59.4 Å². The average molecular weight is 331 g/mol. The molecule has 0 unspecified atom stereocenters. The molecule has 0 amide bonds. The number of methoxy groups -OCH3 is 2. The maximum Gasteiger partial charge on any atom is 0.120 e. The number of nitrogens with zero attached hydrogens (tertiary/aromatic N) is 1. The summed E-state index contributed by atoms with van der Waals surface area (Å²) in [5, 5.41) is 0. The lowest BCUT2D eigenvalue weighted by Gasteiger charge is -2.25. The van der Waals surface area contributed by atoms with E-state index in [2.05, 4.69) is 29.2 Å². The Labute approximate surface area is 145 Å². The number of ether oxygens (including phenoxy) is 3. The molecule has 4 heteroatoms. The molecular weight excluding hydrogens is 302 g/mol. The summed E-state index contributed by atoms with van der Waals surface area (Å²) in [5.74, 6) is 1.02. The Morgan fingerprint density at radius 2 is 1.58 bits per heavy atom. The van der Waals surface area contributed by atoms with Crippen molar-refractivity contribution in [3.63, 3.8) is 0 Å². The fraction of sp³-hybridized carbons (Fsp3) is 0.500. The van der Waals surface area contributed by atoms with E-state index in [4.69, 9.17) is 14.2 Å². The lowest BCUT2D eigenvalue weighted by molar-refractivity contribution is 0.117. The van der Waals surface area contributed by atoms with Gasteiger partial charge in [-0.1, -0.05) is 36.4 Å². The standard InChI is InChI=1S/C20H29NO3/c1-22-14-12-21(13-15-23-2)16-19-10-6-7-11-20(19)24-17-18-8-4-3-5-9-18/h3-5,8-11H,6-7,12-17H2,1-2H3. The van der Waals surface area contributed by atoms with Gasteiger partial charge in [-0.2, -0.15) is 0 Å². The van der Waals surface area contributed by atoms with Gasteiger partial charge in [-0.15, -0.1) is 0 Å². The van der Waals surface area contributed by atoms with Gasteiger partial charge in [-0.05, 0) is 24.5 Å². The molecule has 0 radical (unpaired) electrons. The van der Waals surface area contributed by atoms with E-state index in [0.717, 1.165) is 51.4 Å². The third-order valence-electron chi connectivity index (χ3n) is 4.06. The monoisotopic (exact) mass is 331 g/mol. The van der Waals surface area contributed by atoms with Crippen LogP contribution < -0.4 is 0 Å². The molecule has 0 spiro atoms. The van der Waals surface area contributed by atoms with E-state index < -0.39 is 0 Å². The fourth-order valence-corrected chi connectivity index (χ4v) is 2.68. The molecule has 132 valence electrons. The number of hydrogen-bond acceptors (Lipinski definition) is 4. The summed E-state index contributed by atoms with van der Waals surface area (Å²) < 4.78 is 16.5. The van der Waals surface area contributed by atoms with Crippen molar-refractivity contribution < 1.29 is 14.2 Å². The highest BCUT2D eigenvalue weighted by Crippen LogP contribution is 2.22. The Kier molecular flexibility index (Phi) is 8.60. The molecule has 0 bridgehead atoms. The molecule has 2 rings (SSSR count). The molecule has 0 saturated carbocycles. The van der Waals surface area contributed by atoms with Crippen LogP contribution in [0.15, 0.2) is 53.8 Å². The Balaban J connectivity index is 1.92. The Bertz CT molecular complexity index is 517. The minimum Gasteiger partial charge on any atom is -0.489 e. The second-order valence-corrected chi connectivity index (χ2v) is 5.91. The maximum absolute atomic E-state index is 6.10. The van der Waals surface area contributed by atoms with Crippen LogP contribution in [0.25, 0.3) is 0 Å². The predicted octanol–water partition coefficient (Wildman–Crippen LogP) is 3.40. The van der Waals surface area contributed by atoms with E-state index in [0.29, 0.717) is 6.61 Å². The smallest absolute Gasteiger partial charge is 0.120 e. The minimum absolute atomic E-state index is 0.611. The van der Waals surface area contributed by atoms with Crippen molar-refractivity contribution in [1.29, 1.82) is 0 Å². The van der Waals surface area contributed by atoms with Crippen molar-refractivity contribution in [2.45, 2.75) is 19.4 Å². The van der Waals surface area contributed by atoms with Gasteiger partial charge >= 0.3 is 0 Å². The van der Waals surface area contributed by atoms with Crippen LogP contribution in [0.3, 0.4) is 0 Å². The van der Waals surface area contributed by atoms with Crippen molar-refractivity contribution in [2.75, 3.05) is 47.1 Å². The lowest BCUT2D eigenvalue weighted by Crippen LogP contribution is -2.33. The molecule has 1 aromatic rings. The van der Waals surface area contributed by atoms with E-state index in [1.165, 1.54) is 11.1 Å². The highest BCUT2D eigenvalue weighted by atomic mass is 16.5. The largest absolute Gasteiger partial charge is 0.489 e. The molecule has 0 aliphatic heterocycles. The van der Waals surface area contributed by atoms with Crippen LogP contribution in [-0.2, 0) is 20.8 Å². The Morgan fingerprint density at radius 1 is 0.917 bits per heavy atom. The quantitative estimate of drug-likeness (QED) is 0.622. The van der Waals surface area contributed by atoms with Crippen molar-refractivity contribution in [3.8, 4) is 0 Å². The maximum atomic E-state index is 6.10. The Hall–Kier alpha value is -1.62. The van der Waals surface area contributed by atoms with Crippen LogP contribution in [0.5, 0.6) is 0 Å². The molecule has 0 N–H and O–H groups in total. The number of rotatable bonds is 11.